The lowest BCUT2D eigenvalue weighted by Gasteiger charge is -2.30. The zero-order valence-electron chi connectivity index (χ0n) is 8.08. The molecule has 0 amide bonds. The molecule has 2 aliphatic rings. The summed E-state index contributed by atoms with van der Waals surface area (Å²) in [7, 11) is 0. The Balaban J connectivity index is 1.90. The van der Waals surface area contributed by atoms with E-state index in [4.69, 9.17) is 15.2 Å². The zero-order valence-corrected chi connectivity index (χ0v) is 8.08. The molecule has 13 heavy (non-hydrogen) atoms. The molecular formula is C10H19NO2. The number of ether oxygens (including phenoxy) is 2. The van der Waals surface area contributed by atoms with Gasteiger partial charge in [0.25, 0.3) is 0 Å². The van der Waals surface area contributed by atoms with E-state index in [0.717, 1.165) is 45.6 Å². The molecule has 2 aliphatic heterocycles. The van der Waals surface area contributed by atoms with Crippen molar-refractivity contribution in [2.75, 3.05) is 26.4 Å². The van der Waals surface area contributed by atoms with Gasteiger partial charge in [0.15, 0.2) is 0 Å². The lowest BCUT2D eigenvalue weighted by molar-refractivity contribution is -0.0177. The van der Waals surface area contributed by atoms with Crippen molar-refractivity contribution in [1.82, 2.24) is 0 Å². The van der Waals surface area contributed by atoms with E-state index in [-0.39, 0.29) is 0 Å². The second kappa shape index (κ2) is 4.40. The van der Waals surface area contributed by atoms with Crippen LogP contribution in [-0.4, -0.2) is 32.5 Å². The molecule has 76 valence electrons. The first-order valence-corrected chi connectivity index (χ1v) is 5.31. The summed E-state index contributed by atoms with van der Waals surface area (Å²) < 4.78 is 11.1. The van der Waals surface area contributed by atoms with Gasteiger partial charge in [-0.1, -0.05) is 0 Å². The molecule has 0 aromatic carbocycles. The van der Waals surface area contributed by atoms with Crippen molar-refractivity contribution >= 4 is 0 Å². The van der Waals surface area contributed by atoms with Crippen LogP contribution in [0.5, 0.6) is 0 Å². The minimum atomic E-state index is 0.425. The predicted molar refractivity (Wildman–Crippen MR) is 50.4 cm³/mol. The van der Waals surface area contributed by atoms with Crippen LogP contribution in [0.2, 0.25) is 0 Å². The van der Waals surface area contributed by atoms with Crippen LogP contribution in [-0.2, 0) is 9.47 Å². The van der Waals surface area contributed by atoms with Crippen LogP contribution >= 0.6 is 0 Å². The van der Waals surface area contributed by atoms with Crippen LogP contribution in [0, 0.1) is 11.8 Å². The highest BCUT2D eigenvalue weighted by molar-refractivity contribution is 4.84. The summed E-state index contributed by atoms with van der Waals surface area (Å²) in [5, 5.41) is 0. The number of nitrogens with two attached hydrogens (primary N) is 1. The van der Waals surface area contributed by atoms with Crippen LogP contribution in [0.1, 0.15) is 19.3 Å². The second-order valence-corrected chi connectivity index (χ2v) is 4.07. The van der Waals surface area contributed by atoms with Gasteiger partial charge in [-0.3, -0.25) is 0 Å². The lowest BCUT2D eigenvalue weighted by atomic mass is 9.86. The Hall–Kier alpha value is -0.120. The Labute approximate surface area is 79.6 Å². The van der Waals surface area contributed by atoms with Gasteiger partial charge in [-0.15, -0.1) is 0 Å². The second-order valence-electron chi connectivity index (χ2n) is 4.07. The molecular weight excluding hydrogens is 166 g/mol. The van der Waals surface area contributed by atoms with Gasteiger partial charge in [-0.05, 0) is 37.6 Å². The average molecular weight is 185 g/mol. The van der Waals surface area contributed by atoms with Crippen molar-refractivity contribution in [2.24, 2.45) is 17.6 Å². The van der Waals surface area contributed by atoms with Crippen molar-refractivity contribution in [1.29, 1.82) is 0 Å². The lowest BCUT2D eigenvalue weighted by Crippen LogP contribution is -2.34. The molecule has 3 nitrogen and oxygen atoms in total. The van der Waals surface area contributed by atoms with E-state index in [1.165, 1.54) is 0 Å². The maximum absolute atomic E-state index is 5.76. The Morgan fingerprint density at radius 3 is 2.54 bits per heavy atom. The van der Waals surface area contributed by atoms with Gasteiger partial charge in [0.05, 0.1) is 6.10 Å². The molecule has 0 bridgehead atoms. The Bertz CT molecular complexity index is 157. The minimum absolute atomic E-state index is 0.425. The molecule has 2 rings (SSSR count). The normalized spacial score (nSPS) is 36.7. The van der Waals surface area contributed by atoms with E-state index in [0.29, 0.717) is 17.9 Å². The first kappa shape index (κ1) is 9.44. The Morgan fingerprint density at radius 2 is 1.85 bits per heavy atom. The van der Waals surface area contributed by atoms with E-state index in [1.54, 1.807) is 0 Å². The van der Waals surface area contributed by atoms with Gasteiger partial charge in [-0.25, -0.2) is 0 Å². The molecule has 0 aromatic heterocycles. The topological polar surface area (TPSA) is 44.5 Å². The third kappa shape index (κ3) is 2.03. The number of hydrogen-bond donors (Lipinski definition) is 1. The molecule has 0 radical (unpaired) electrons. The highest BCUT2D eigenvalue weighted by atomic mass is 16.5. The summed E-state index contributed by atoms with van der Waals surface area (Å²) in [4.78, 5) is 0. The average Bonchev–Trinajstić information content (AvgIpc) is 2.67. The van der Waals surface area contributed by atoms with E-state index in [1.807, 2.05) is 0 Å². The molecule has 0 spiro atoms. The summed E-state index contributed by atoms with van der Waals surface area (Å²) in [6.45, 7) is 3.50. The van der Waals surface area contributed by atoms with E-state index < -0.39 is 0 Å². The largest absolute Gasteiger partial charge is 0.381 e. The van der Waals surface area contributed by atoms with E-state index in [9.17, 15) is 0 Å². The fraction of sp³-hybridized carbons (Fsp3) is 1.00. The van der Waals surface area contributed by atoms with Crippen molar-refractivity contribution in [3.63, 3.8) is 0 Å². The molecule has 2 unspecified atom stereocenters. The Morgan fingerprint density at radius 1 is 1.08 bits per heavy atom. The summed E-state index contributed by atoms with van der Waals surface area (Å²) in [5.74, 6) is 1.30. The van der Waals surface area contributed by atoms with Crippen LogP contribution in [0.25, 0.3) is 0 Å². The Kier molecular flexibility index (Phi) is 3.19. The summed E-state index contributed by atoms with van der Waals surface area (Å²) in [5.41, 5.74) is 5.72. The molecule has 0 saturated carbocycles. The van der Waals surface area contributed by atoms with E-state index in [2.05, 4.69) is 0 Å². The van der Waals surface area contributed by atoms with Gasteiger partial charge < -0.3 is 15.2 Å². The zero-order chi connectivity index (χ0) is 9.10. The van der Waals surface area contributed by atoms with Gasteiger partial charge in [0.1, 0.15) is 0 Å². The number of hydrogen-bond acceptors (Lipinski definition) is 3. The maximum Gasteiger partial charge on any atom is 0.0645 e. The molecule has 0 aromatic rings. The first-order valence-electron chi connectivity index (χ1n) is 5.31. The summed E-state index contributed by atoms with van der Waals surface area (Å²) in [6, 6.07) is 0. The predicted octanol–water partition coefficient (Wildman–Crippen LogP) is 0.777. The SMILES string of the molecule is NCC1CCOC1C1CCOCC1. The standard InChI is InChI=1S/C10H19NO2/c11-7-9-3-6-13-10(9)8-1-4-12-5-2-8/h8-10H,1-7,11H2. The fourth-order valence-electron chi connectivity index (χ4n) is 2.47. The monoisotopic (exact) mass is 185 g/mol. The summed E-state index contributed by atoms with van der Waals surface area (Å²) in [6.07, 6.45) is 3.88. The number of rotatable bonds is 2. The summed E-state index contributed by atoms with van der Waals surface area (Å²) >= 11 is 0. The molecule has 0 aliphatic carbocycles. The third-order valence-corrected chi connectivity index (χ3v) is 3.30. The van der Waals surface area contributed by atoms with Crippen LogP contribution < -0.4 is 5.73 Å². The van der Waals surface area contributed by atoms with Crippen molar-refractivity contribution < 1.29 is 9.47 Å². The van der Waals surface area contributed by atoms with Crippen LogP contribution in [0.3, 0.4) is 0 Å². The van der Waals surface area contributed by atoms with E-state index >= 15 is 0 Å². The smallest absolute Gasteiger partial charge is 0.0645 e. The van der Waals surface area contributed by atoms with Crippen LogP contribution in [0.4, 0.5) is 0 Å². The highest BCUT2D eigenvalue weighted by Gasteiger charge is 2.34. The highest BCUT2D eigenvalue weighted by Crippen LogP contribution is 2.31. The third-order valence-electron chi connectivity index (χ3n) is 3.30. The minimum Gasteiger partial charge on any atom is -0.381 e. The maximum atomic E-state index is 5.76. The van der Waals surface area contributed by atoms with Gasteiger partial charge in [0, 0.05) is 19.8 Å². The molecule has 2 atom stereocenters. The molecule has 2 saturated heterocycles. The van der Waals surface area contributed by atoms with Gasteiger partial charge >= 0.3 is 0 Å². The molecule has 2 heterocycles. The quantitative estimate of drug-likeness (QED) is 0.691. The molecule has 3 heteroatoms. The first-order chi connectivity index (χ1) is 6.42. The van der Waals surface area contributed by atoms with Gasteiger partial charge in [-0.2, -0.15) is 0 Å². The van der Waals surface area contributed by atoms with Gasteiger partial charge in [0.2, 0.25) is 0 Å². The van der Waals surface area contributed by atoms with Crippen molar-refractivity contribution in [2.45, 2.75) is 25.4 Å². The molecule has 2 N–H and O–H groups in total. The van der Waals surface area contributed by atoms with Crippen molar-refractivity contribution in [3.05, 3.63) is 0 Å². The fourth-order valence-corrected chi connectivity index (χ4v) is 2.47. The van der Waals surface area contributed by atoms with Crippen LogP contribution in [0.15, 0.2) is 0 Å². The van der Waals surface area contributed by atoms with Crippen molar-refractivity contribution in [3.8, 4) is 0 Å². The molecule has 2 fully saturated rings.